The molecule has 0 bridgehead atoms. The van der Waals surface area contributed by atoms with Crippen molar-refractivity contribution >= 4 is 0 Å². The van der Waals surface area contributed by atoms with Crippen molar-refractivity contribution in [3.8, 4) is 0 Å². The van der Waals surface area contributed by atoms with Crippen molar-refractivity contribution in [2.24, 2.45) is 0 Å². The topological polar surface area (TPSA) is 3.24 Å². The second-order valence-electron chi connectivity index (χ2n) is 6.20. The first-order chi connectivity index (χ1) is 10.4. The molecule has 0 spiro atoms. The van der Waals surface area contributed by atoms with E-state index in [0.717, 1.165) is 0 Å². The predicted octanol–water partition coefficient (Wildman–Crippen LogP) is 5.69. The number of hydrogen-bond donors (Lipinski definition) is 0. The van der Waals surface area contributed by atoms with Gasteiger partial charge in [0.25, 0.3) is 0 Å². The lowest BCUT2D eigenvalue weighted by Crippen LogP contribution is -2.26. The average molecular weight is 290 g/mol. The molecule has 0 aliphatic heterocycles. The molecule has 0 amide bonds. The van der Waals surface area contributed by atoms with E-state index in [4.69, 9.17) is 0 Å². The monoisotopic (exact) mass is 289 g/mol. The Labute approximate surface area is 132 Å². The summed E-state index contributed by atoms with van der Waals surface area (Å²) in [5.41, 5.74) is 1.49. The first-order valence-corrected chi connectivity index (χ1v) is 9.13. The first kappa shape index (κ1) is 18.2. The number of benzene rings is 1. The zero-order valence-corrected chi connectivity index (χ0v) is 14.3. The third kappa shape index (κ3) is 9.68. The molecule has 120 valence electrons. The van der Waals surface area contributed by atoms with Gasteiger partial charge in [0.1, 0.15) is 0 Å². The van der Waals surface area contributed by atoms with Crippen molar-refractivity contribution in [3.05, 3.63) is 35.9 Å². The Morgan fingerprint density at radius 1 is 0.667 bits per heavy atom. The fourth-order valence-electron chi connectivity index (χ4n) is 2.98. The fraction of sp³-hybridized carbons (Fsp3) is 0.700. The molecule has 0 aliphatic carbocycles. The van der Waals surface area contributed by atoms with Crippen LogP contribution in [0.1, 0.15) is 70.8 Å². The van der Waals surface area contributed by atoms with E-state index < -0.39 is 0 Å². The van der Waals surface area contributed by atoms with E-state index in [1.807, 2.05) is 0 Å². The van der Waals surface area contributed by atoms with E-state index in [1.54, 1.807) is 0 Å². The van der Waals surface area contributed by atoms with Gasteiger partial charge in [-0.05, 0) is 57.3 Å². The number of rotatable bonds is 13. The maximum absolute atomic E-state index is 2.63. The van der Waals surface area contributed by atoms with Gasteiger partial charge in [0.15, 0.2) is 0 Å². The van der Waals surface area contributed by atoms with Gasteiger partial charge in [-0.25, -0.2) is 0 Å². The summed E-state index contributed by atoms with van der Waals surface area (Å²) in [5.74, 6) is 0. The van der Waals surface area contributed by atoms with Crippen molar-refractivity contribution in [2.45, 2.75) is 71.6 Å². The van der Waals surface area contributed by atoms with Gasteiger partial charge in [0, 0.05) is 0 Å². The first-order valence-electron chi connectivity index (χ1n) is 9.13. The predicted molar refractivity (Wildman–Crippen MR) is 94.9 cm³/mol. The number of hydrogen-bond acceptors (Lipinski definition) is 1. The van der Waals surface area contributed by atoms with Crippen molar-refractivity contribution in [2.75, 3.05) is 19.6 Å². The molecule has 1 aromatic rings. The fourth-order valence-corrected chi connectivity index (χ4v) is 2.98. The van der Waals surface area contributed by atoms with E-state index in [0.29, 0.717) is 0 Å². The zero-order chi connectivity index (χ0) is 15.2. The third-order valence-corrected chi connectivity index (χ3v) is 4.11. The summed E-state index contributed by atoms with van der Waals surface area (Å²) < 4.78 is 0. The molecule has 0 atom stereocenters. The molecular formula is C20H35N. The standard InChI is InChI=1S/C20H35N/c1-3-17-21(18-4-2)19-13-8-6-5-7-10-14-20-15-11-9-12-16-20/h9,11-12,15-16H,3-8,10,13-14,17-19H2,1-2H3. The highest BCUT2D eigenvalue weighted by Gasteiger charge is 2.01. The summed E-state index contributed by atoms with van der Waals surface area (Å²) in [4.78, 5) is 2.63. The van der Waals surface area contributed by atoms with Crippen LogP contribution in [-0.4, -0.2) is 24.5 Å². The molecule has 0 saturated heterocycles. The van der Waals surface area contributed by atoms with E-state index in [9.17, 15) is 0 Å². The zero-order valence-electron chi connectivity index (χ0n) is 14.3. The molecule has 0 aromatic heterocycles. The van der Waals surface area contributed by atoms with Gasteiger partial charge in [-0.3, -0.25) is 0 Å². The Bertz CT molecular complexity index is 314. The SMILES string of the molecule is CCCN(CCC)CCCCCCCCc1ccccc1. The van der Waals surface area contributed by atoms with E-state index in [2.05, 4.69) is 49.1 Å². The molecule has 1 aromatic carbocycles. The summed E-state index contributed by atoms with van der Waals surface area (Å²) in [5, 5.41) is 0. The summed E-state index contributed by atoms with van der Waals surface area (Å²) in [6, 6.07) is 10.9. The molecule has 0 aliphatic rings. The van der Waals surface area contributed by atoms with Crippen LogP contribution in [0.15, 0.2) is 30.3 Å². The summed E-state index contributed by atoms with van der Waals surface area (Å²) in [6.07, 6.45) is 12.2. The number of nitrogens with zero attached hydrogens (tertiary/aromatic N) is 1. The number of aryl methyl sites for hydroxylation is 1. The van der Waals surface area contributed by atoms with Gasteiger partial charge in [-0.15, -0.1) is 0 Å². The lowest BCUT2D eigenvalue weighted by atomic mass is 10.0. The van der Waals surface area contributed by atoms with E-state index in [-0.39, 0.29) is 0 Å². The number of unbranched alkanes of at least 4 members (excludes halogenated alkanes) is 5. The third-order valence-electron chi connectivity index (χ3n) is 4.11. The minimum absolute atomic E-state index is 1.25. The molecule has 0 N–H and O–H groups in total. The van der Waals surface area contributed by atoms with Crippen LogP contribution in [0.2, 0.25) is 0 Å². The average Bonchev–Trinajstić information content (AvgIpc) is 2.51. The van der Waals surface area contributed by atoms with Crippen molar-refractivity contribution in [1.29, 1.82) is 0 Å². The van der Waals surface area contributed by atoms with Crippen LogP contribution in [0.25, 0.3) is 0 Å². The van der Waals surface area contributed by atoms with Crippen LogP contribution in [0, 0.1) is 0 Å². The molecule has 0 unspecified atom stereocenters. The lowest BCUT2D eigenvalue weighted by Gasteiger charge is -2.20. The van der Waals surface area contributed by atoms with Crippen LogP contribution < -0.4 is 0 Å². The second-order valence-corrected chi connectivity index (χ2v) is 6.20. The summed E-state index contributed by atoms with van der Waals surface area (Å²) in [6.45, 7) is 8.45. The molecular weight excluding hydrogens is 254 g/mol. The smallest absolute Gasteiger partial charge is 0.00187 e. The highest BCUT2D eigenvalue weighted by atomic mass is 15.1. The van der Waals surface area contributed by atoms with Crippen LogP contribution in [0.3, 0.4) is 0 Å². The lowest BCUT2D eigenvalue weighted by molar-refractivity contribution is 0.267. The minimum atomic E-state index is 1.25. The van der Waals surface area contributed by atoms with Crippen molar-refractivity contribution < 1.29 is 0 Å². The van der Waals surface area contributed by atoms with Gasteiger partial charge in [-0.2, -0.15) is 0 Å². The Morgan fingerprint density at radius 3 is 1.86 bits per heavy atom. The largest absolute Gasteiger partial charge is 0.303 e. The van der Waals surface area contributed by atoms with Gasteiger partial charge >= 0.3 is 0 Å². The maximum atomic E-state index is 2.63. The van der Waals surface area contributed by atoms with Crippen LogP contribution in [0.4, 0.5) is 0 Å². The highest BCUT2D eigenvalue weighted by molar-refractivity contribution is 5.14. The quantitative estimate of drug-likeness (QED) is 0.421. The van der Waals surface area contributed by atoms with Crippen LogP contribution in [0.5, 0.6) is 0 Å². The molecule has 0 heterocycles. The maximum Gasteiger partial charge on any atom is -0.00187 e. The van der Waals surface area contributed by atoms with Crippen LogP contribution in [-0.2, 0) is 6.42 Å². The molecule has 1 nitrogen and oxygen atoms in total. The van der Waals surface area contributed by atoms with Gasteiger partial charge < -0.3 is 4.90 Å². The highest BCUT2D eigenvalue weighted by Crippen LogP contribution is 2.10. The van der Waals surface area contributed by atoms with E-state index >= 15 is 0 Å². The summed E-state index contributed by atoms with van der Waals surface area (Å²) >= 11 is 0. The van der Waals surface area contributed by atoms with Gasteiger partial charge in [0.05, 0.1) is 0 Å². The molecule has 0 saturated carbocycles. The normalized spacial score (nSPS) is 11.2. The van der Waals surface area contributed by atoms with Crippen LogP contribution >= 0.6 is 0 Å². The van der Waals surface area contributed by atoms with Gasteiger partial charge in [-0.1, -0.05) is 69.9 Å². The Hall–Kier alpha value is -0.820. The molecule has 1 heteroatoms. The second kappa shape index (κ2) is 12.9. The molecule has 21 heavy (non-hydrogen) atoms. The summed E-state index contributed by atoms with van der Waals surface area (Å²) in [7, 11) is 0. The Morgan fingerprint density at radius 2 is 1.24 bits per heavy atom. The molecule has 1 rings (SSSR count). The Balaban J connectivity index is 1.92. The minimum Gasteiger partial charge on any atom is -0.303 e. The molecule has 0 radical (unpaired) electrons. The Kier molecular flexibility index (Phi) is 11.2. The van der Waals surface area contributed by atoms with E-state index in [1.165, 1.54) is 83.0 Å². The van der Waals surface area contributed by atoms with Crippen molar-refractivity contribution in [1.82, 2.24) is 4.90 Å². The van der Waals surface area contributed by atoms with Gasteiger partial charge in [0.2, 0.25) is 0 Å². The molecule has 0 fully saturated rings. The van der Waals surface area contributed by atoms with Crippen molar-refractivity contribution in [3.63, 3.8) is 0 Å².